The van der Waals surface area contributed by atoms with E-state index in [1.165, 1.54) is 12.1 Å². The smallest absolute Gasteiger partial charge is 0.340 e. The lowest BCUT2D eigenvalue weighted by molar-refractivity contribution is 0.254. The van der Waals surface area contributed by atoms with Crippen LogP contribution in [0.25, 0.3) is 0 Å². The summed E-state index contributed by atoms with van der Waals surface area (Å²) in [6.07, 6.45) is 0. The Hall–Kier alpha value is -1.89. The number of hydrogen-bond donors (Lipinski definition) is 1. The van der Waals surface area contributed by atoms with Gasteiger partial charge in [-0.3, -0.25) is 0 Å². The predicted molar refractivity (Wildman–Crippen MR) is 49.9 cm³/mol. The predicted octanol–water partition coefficient (Wildman–Crippen LogP) is 0.549. The van der Waals surface area contributed by atoms with Crippen molar-refractivity contribution in [2.45, 2.75) is 0 Å². The molecule has 1 rings (SSSR count). The van der Waals surface area contributed by atoms with Gasteiger partial charge in [0.2, 0.25) is 0 Å². The Bertz CT molecular complexity index is 446. The molecule has 0 radical (unpaired) electrons. The highest BCUT2D eigenvalue weighted by Crippen LogP contribution is 2.12. The van der Waals surface area contributed by atoms with Crippen LogP contribution < -0.4 is 10.7 Å². The van der Waals surface area contributed by atoms with E-state index in [-0.39, 0.29) is 0 Å². The van der Waals surface area contributed by atoms with E-state index in [0.717, 1.165) is 0 Å². The van der Waals surface area contributed by atoms with E-state index in [4.69, 9.17) is 5.73 Å². The van der Waals surface area contributed by atoms with E-state index in [1.807, 2.05) is 0 Å². The second-order valence-electron chi connectivity index (χ2n) is 2.28. The fourth-order valence-electron chi connectivity index (χ4n) is 0.850. The van der Waals surface area contributed by atoms with Gasteiger partial charge in [0, 0.05) is 0 Å². The minimum atomic E-state index is -2.72. The molecule has 0 aliphatic heterocycles. The van der Waals surface area contributed by atoms with Crippen molar-refractivity contribution < 1.29 is 13.2 Å². The van der Waals surface area contributed by atoms with Gasteiger partial charge in [-0.05, 0) is 16.6 Å². The summed E-state index contributed by atoms with van der Waals surface area (Å²) < 4.78 is 23.6. The molecule has 2 N–H and O–H groups in total. The fourth-order valence-corrected chi connectivity index (χ4v) is 1.16. The number of anilines is 1. The molecule has 0 spiro atoms. The van der Waals surface area contributed by atoms with Crippen LogP contribution in [0.2, 0.25) is 0 Å². The van der Waals surface area contributed by atoms with E-state index in [1.54, 1.807) is 18.2 Å². The largest absolute Gasteiger partial charge is 0.350 e. The van der Waals surface area contributed by atoms with Crippen LogP contribution in [0.15, 0.2) is 34.8 Å². The molecule has 6 nitrogen and oxygen atoms in total. The van der Waals surface area contributed by atoms with Crippen LogP contribution in [0.5, 0.6) is 0 Å². The molecular weight excluding hydrogens is 206 g/mol. The third kappa shape index (κ3) is 2.56. The molecule has 0 aliphatic rings. The first kappa shape index (κ1) is 10.2. The number of nitrogens with two attached hydrogens (primary N) is 1. The number of para-hydroxylation sites is 1. The van der Waals surface area contributed by atoms with Gasteiger partial charge in [-0.1, -0.05) is 18.2 Å². The van der Waals surface area contributed by atoms with Gasteiger partial charge in [0.15, 0.2) is 0 Å². The summed E-state index contributed by atoms with van der Waals surface area (Å²) in [7, 11) is -2.72. The van der Waals surface area contributed by atoms with Gasteiger partial charge < -0.3 is 5.73 Å². The van der Waals surface area contributed by atoms with Crippen molar-refractivity contribution in [2.24, 2.45) is 10.2 Å². The maximum Gasteiger partial charge on any atom is 0.340 e. The van der Waals surface area contributed by atoms with Crippen LogP contribution >= 0.6 is 0 Å². The molecule has 1 aromatic rings. The van der Waals surface area contributed by atoms with Crippen LogP contribution in [-0.2, 0) is 10.5 Å². The Morgan fingerprint density at radius 1 is 1.29 bits per heavy atom. The zero-order valence-electron chi connectivity index (χ0n) is 6.99. The summed E-state index contributed by atoms with van der Waals surface area (Å²) in [4.78, 5) is 10.8. The fraction of sp³-hybridized carbons (Fsp3) is 0. The maximum atomic E-state index is 10.8. The number of nitrogens with zero attached hydrogens (tertiary/aromatic N) is 2. The van der Waals surface area contributed by atoms with Crippen molar-refractivity contribution in [2.75, 3.05) is 5.01 Å². The maximum absolute atomic E-state index is 10.8. The summed E-state index contributed by atoms with van der Waals surface area (Å²) in [5, 5.41) is 0.600. The molecule has 14 heavy (non-hydrogen) atoms. The molecule has 0 unspecified atom stereocenters. The molecule has 0 aromatic heterocycles. The van der Waals surface area contributed by atoms with E-state index in [9.17, 15) is 13.2 Å². The molecule has 0 fully saturated rings. The Balaban J connectivity index is 3.14. The van der Waals surface area contributed by atoms with E-state index < -0.39 is 16.5 Å². The van der Waals surface area contributed by atoms with Crippen molar-refractivity contribution >= 4 is 22.2 Å². The number of rotatable bonds is 2. The Labute approximate surface area is 81.6 Å². The number of urea groups is 1. The lowest BCUT2D eigenvalue weighted by Crippen LogP contribution is -2.30. The van der Waals surface area contributed by atoms with Gasteiger partial charge in [0.05, 0.1) is 5.69 Å². The molecule has 74 valence electrons. The Kier molecular flexibility index (Phi) is 3.19. The molecule has 0 atom stereocenters. The highest BCUT2D eigenvalue weighted by Gasteiger charge is 2.10. The quantitative estimate of drug-likeness (QED) is 0.727. The molecule has 0 aliphatic carbocycles. The standard InChI is InChI=1S/C7H7N3O3S/c8-7(11)10(9-14(12)13)6-4-2-1-3-5-6/h1-5H,(H2,8,11). The third-order valence-corrected chi connectivity index (χ3v) is 1.65. The minimum absolute atomic E-state index is 0.296. The third-order valence-electron chi connectivity index (χ3n) is 1.36. The van der Waals surface area contributed by atoms with Gasteiger partial charge in [-0.2, -0.15) is 13.4 Å². The average Bonchev–Trinajstić information content (AvgIpc) is 2.15. The summed E-state index contributed by atoms with van der Waals surface area (Å²) in [5.41, 5.74) is 5.23. The van der Waals surface area contributed by atoms with Crippen LogP contribution in [-0.4, -0.2) is 14.4 Å². The van der Waals surface area contributed by atoms with Crippen molar-refractivity contribution in [1.82, 2.24) is 0 Å². The number of carbonyl (C=O) groups is 1. The molecule has 0 saturated heterocycles. The first-order chi connectivity index (χ1) is 6.61. The van der Waals surface area contributed by atoms with Crippen molar-refractivity contribution in [3.63, 3.8) is 0 Å². The second-order valence-corrected chi connectivity index (χ2v) is 2.88. The first-order valence-electron chi connectivity index (χ1n) is 3.57. The van der Waals surface area contributed by atoms with Gasteiger partial charge in [0.1, 0.15) is 0 Å². The van der Waals surface area contributed by atoms with Crippen LogP contribution in [0, 0.1) is 0 Å². The zero-order chi connectivity index (χ0) is 10.6. The first-order valence-corrected chi connectivity index (χ1v) is 4.60. The molecule has 1 aromatic carbocycles. The lowest BCUT2D eigenvalue weighted by Gasteiger charge is -2.10. The highest BCUT2D eigenvalue weighted by molar-refractivity contribution is 7.61. The number of primary amides is 1. The van der Waals surface area contributed by atoms with Crippen molar-refractivity contribution in [1.29, 1.82) is 0 Å². The van der Waals surface area contributed by atoms with Gasteiger partial charge in [0.25, 0.3) is 0 Å². The molecular formula is C7H7N3O3S. The molecule has 7 heteroatoms. The molecule has 0 saturated carbocycles. The van der Waals surface area contributed by atoms with Gasteiger partial charge >= 0.3 is 16.5 Å². The number of carbonyl (C=O) groups excluding carboxylic acids is 1. The van der Waals surface area contributed by atoms with Crippen molar-refractivity contribution in [3.8, 4) is 0 Å². The monoisotopic (exact) mass is 213 g/mol. The van der Waals surface area contributed by atoms with Crippen LogP contribution in [0.1, 0.15) is 0 Å². The lowest BCUT2D eigenvalue weighted by atomic mass is 10.3. The minimum Gasteiger partial charge on any atom is -0.350 e. The summed E-state index contributed by atoms with van der Waals surface area (Å²) in [5.74, 6) is 0. The summed E-state index contributed by atoms with van der Waals surface area (Å²) >= 11 is 0. The van der Waals surface area contributed by atoms with E-state index in [0.29, 0.717) is 10.7 Å². The van der Waals surface area contributed by atoms with Crippen LogP contribution in [0.3, 0.4) is 0 Å². The summed E-state index contributed by atoms with van der Waals surface area (Å²) in [6, 6.07) is 7.06. The Morgan fingerprint density at radius 3 is 2.29 bits per heavy atom. The number of hydrogen-bond acceptors (Lipinski definition) is 4. The highest BCUT2D eigenvalue weighted by atomic mass is 32.2. The van der Waals surface area contributed by atoms with Gasteiger partial charge in [-0.15, -0.1) is 0 Å². The number of benzene rings is 1. The SMILES string of the molecule is NC(=O)N(N=S(=O)=O)c1ccccc1. The number of amides is 2. The normalized spacial score (nSPS) is 9.14. The second kappa shape index (κ2) is 4.38. The van der Waals surface area contributed by atoms with E-state index in [2.05, 4.69) is 4.47 Å². The molecule has 2 amide bonds. The Morgan fingerprint density at radius 2 is 1.86 bits per heavy atom. The van der Waals surface area contributed by atoms with Crippen LogP contribution in [0.4, 0.5) is 10.5 Å². The molecule has 0 bridgehead atoms. The van der Waals surface area contributed by atoms with Crippen molar-refractivity contribution in [3.05, 3.63) is 30.3 Å². The summed E-state index contributed by atoms with van der Waals surface area (Å²) in [6.45, 7) is 0. The average molecular weight is 213 g/mol. The van der Waals surface area contributed by atoms with Gasteiger partial charge in [-0.25, -0.2) is 4.79 Å². The zero-order valence-corrected chi connectivity index (χ0v) is 7.81. The molecule has 0 heterocycles. The van der Waals surface area contributed by atoms with E-state index >= 15 is 0 Å². The topological polar surface area (TPSA) is 92.8 Å².